The van der Waals surface area contributed by atoms with Crippen LogP contribution in [0.15, 0.2) is 108 Å². The SMILES string of the molecule is O=C(Nc1cccc(C2OC(CSc3ccccn3)CC(c3ccc(CO)cc3)O2)c1)c1ccccc1. The van der Waals surface area contributed by atoms with Crippen LogP contribution in [0, 0.1) is 0 Å². The minimum absolute atomic E-state index is 0.00236. The van der Waals surface area contributed by atoms with Crippen LogP contribution in [-0.2, 0) is 16.1 Å². The highest BCUT2D eigenvalue weighted by Crippen LogP contribution is 2.39. The smallest absolute Gasteiger partial charge is 0.255 e. The number of rotatable bonds is 8. The number of amides is 1. The summed E-state index contributed by atoms with van der Waals surface area (Å²) < 4.78 is 12.8. The number of aromatic nitrogens is 1. The molecule has 188 valence electrons. The Morgan fingerprint density at radius 1 is 0.919 bits per heavy atom. The van der Waals surface area contributed by atoms with Gasteiger partial charge in [-0.1, -0.05) is 60.7 Å². The molecule has 6 nitrogen and oxygen atoms in total. The highest BCUT2D eigenvalue weighted by atomic mass is 32.2. The number of carbonyl (C=O) groups is 1. The molecule has 2 N–H and O–H groups in total. The largest absolute Gasteiger partial charge is 0.392 e. The van der Waals surface area contributed by atoms with Crippen molar-refractivity contribution in [3.05, 3.63) is 126 Å². The van der Waals surface area contributed by atoms with Gasteiger partial charge in [0.2, 0.25) is 0 Å². The lowest BCUT2D eigenvalue weighted by Gasteiger charge is -2.36. The maximum Gasteiger partial charge on any atom is 0.255 e. The number of thioether (sulfide) groups is 1. The quantitative estimate of drug-likeness (QED) is 0.275. The number of hydrogen-bond acceptors (Lipinski definition) is 6. The minimum Gasteiger partial charge on any atom is -0.392 e. The molecule has 3 aromatic carbocycles. The van der Waals surface area contributed by atoms with Crippen molar-refractivity contribution in [2.24, 2.45) is 0 Å². The summed E-state index contributed by atoms with van der Waals surface area (Å²) in [7, 11) is 0. The van der Waals surface area contributed by atoms with E-state index in [0.717, 1.165) is 27.5 Å². The van der Waals surface area contributed by atoms with E-state index in [1.54, 1.807) is 30.1 Å². The van der Waals surface area contributed by atoms with Gasteiger partial charge in [-0.15, -0.1) is 11.8 Å². The Bertz CT molecular complexity index is 1300. The van der Waals surface area contributed by atoms with E-state index in [9.17, 15) is 9.90 Å². The second-order valence-electron chi connectivity index (χ2n) is 8.77. The van der Waals surface area contributed by atoms with Gasteiger partial charge in [0.05, 0.1) is 23.8 Å². The lowest BCUT2D eigenvalue weighted by Crippen LogP contribution is -2.31. The highest BCUT2D eigenvalue weighted by molar-refractivity contribution is 7.99. The first-order chi connectivity index (χ1) is 18.2. The molecule has 0 bridgehead atoms. The normalized spacial score (nSPS) is 19.3. The Morgan fingerprint density at radius 2 is 1.73 bits per heavy atom. The number of nitrogens with one attached hydrogen (secondary N) is 1. The summed E-state index contributed by atoms with van der Waals surface area (Å²) in [5.41, 5.74) is 3.99. The van der Waals surface area contributed by atoms with Crippen LogP contribution in [0.25, 0.3) is 0 Å². The molecule has 1 aliphatic heterocycles. The van der Waals surface area contributed by atoms with Gasteiger partial charge in [-0.3, -0.25) is 4.79 Å². The molecule has 3 unspecified atom stereocenters. The summed E-state index contributed by atoms with van der Waals surface area (Å²) in [6.45, 7) is 0.00236. The van der Waals surface area contributed by atoms with Crippen molar-refractivity contribution >= 4 is 23.4 Å². The van der Waals surface area contributed by atoms with Crippen LogP contribution < -0.4 is 5.32 Å². The van der Waals surface area contributed by atoms with Crippen LogP contribution >= 0.6 is 11.8 Å². The van der Waals surface area contributed by atoms with E-state index in [-0.39, 0.29) is 24.7 Å². The van der Waals surface area contributed by atoms with E-state index in [1.165, 1.54) is 0 Å². The van der Waals surface area contributed by atoms with E-state index in [4.69, 9.17) is 9.47 Å². The number of ether oxygens (including phenoxy) is 2. The third-order valence-electron chi connectivity index (χ3n) is 6.12. The molecule has 1 saturated heterocycles. The predicted molar refractivity (Wildman–Crippen MR) is 144 cm³/mol. The Kier molecular flexibility index (Phi) is 8.28. The predicted octanol–water partition coefficient (Wildman–Crippen LogP) is 6.16. The molecule has 1 aromatic heterocycles. The standard InChI is InChI=1S/C30H28N2O4S/c33-19-21-12-14-22(15-13-21)27-18-26(20-37-28-11-4-5-16-31-28)35-30(36-27)24-9-6-10-25(17-24)32-29(34)23-7-2-1-3-8-23/h1-17,26-27,30,33H,18-20H2,(H,32,34). The molecule has 1 fully saturated rings. The number of pyridine rings is 1. The third-order valence-corrected chi connectivity index (χ3v) is 7.20. The van der Waals surface area contributed by atoms with E-state index >= 15 is 0 Å². The molecule has 5 rings (SSSR count). The first kappa shape index (κ1) is 25.2. The van der Waals surface area contributed by atoms with Crippen LogP contribution in [0.4, 0.5) is 5.69 Å². The Labute approximate surface area is 220 Å². The molecule has 1 amide bonds. The molecule has 0 radical (unpaired) electrons. The van der Waals surface area contributed by atoms with E-state index in [1.807, 2.05) is 84.9 Å². The Morgan fingerprint density at radius 3 is 2.49 bits per heavy atom. The summed E-state index contributed by atoms with van der Waals surface area (Å²) in [6, 6.07) is 30.4. The van der Waals surface area contributed by atoms with Gasteiger partial charge in [-0.05, 0) is 47.5 Å². The number of hydrogen-bond donors (Lipinski definition) is 2. The first-order valence-electron chi connectivity index (χ1n) is 12.2. The van der Waals surface area contributed by atoms with Crippen LogP contribution in [0.2, 0.25) is 0 Å². The van der Waals surface area contributed by atoms with Crippen molar-refractivity contribution in [2.75, 3.05) is 11.1 Å². The molecule has 3 atom stereocenters. The maximum atomic E-state index is 12.7. The van der Waals surface area contributed by atoms with Gasteiger partial charge < -0.3 is 19.9 Å². The van der Waals surface area contributed by atoms with Gasteiger partial charge in [-0.2, -0.15) is 0 Å². The summed E-state index contributed by atoms with van der Waals surface area (Å²) in [5.74, 6) is 0.557. The average molecular weight is 513 g/mol. The first-order valence-corrected chi connectivity index (χ1v) is 13.2. The zero-order chi connectivity index (χ0) is 25.5. The number of anilines is 1. The number of aliphatic hydroxyl groups excluding tert-OH is 1. The highest BCUT2D eigenvalue weighted by Gasteiger charge is 2.32. The molecule has 4 aromatic rings. The fraction of sp³-hybridized carbons (Fsp3) is 0.200. The summed E-state index contributed by atoms with van der Waals surface area (Å²) in [6.07, 6.45) is 1.63. The van der Waals surface area contributed by atoms with Gasteiger partial charge in [0, 0.05) is 35.2 Å². The van der Waals surface area contributed by atoms with Crippen molar-refractivity contribution in [3.8, 4) is 0 Å². The van der Waals surface area contributed by atoms with Gasteiger partial charge in [0.15, 0.2) is 6.29 Å². The van der Waals surface area contributed by atoms with Gasteiger partial charge in [0.1, 0.15) is 0 Å². The monoisotopic (exact) mass is 512 g/mol. The molecule has 1 aliphatic rings. The van der Waals surface area contributed by atoms with Crippen LogP contribution in [-0.4, -0.2) is 27.9 Å². The lowest BCUT2D eigenvalue weighted by atomic mass is 10.0. The number of nitrogens with zero attached hydrogens (tertiary/aromatic N) is 1. The molecule has 37 heavy (non-hydrogen) atoms. The zero-order valence-electron chi connectivity index (χ0n) is 20.2. The van der Waals surface area contributed by atoms with Crippen LogP contribution in [0.1, 0.15) is 45.9 Å². The van der Waals surface area contributed by atoms with Crippen molar-refractivity contribution in [1.29, 1.82) is 0 Å². The van der Waals surface area contributed by atoms with Gasteiger partial charge in [-0.25, -0.2) is 4.98 Å². The van der Waals surface area contributed by atoms with E-state index in [0.29, 0.717) is 17.7 Å². The van der Waals surface area contributed by atoms with Crippen LogP contribution in [0.5, 0.6) is 0 Å². The number of carbonyl (C=O) groups excluding carboxylic acids is 1. The van der Waals surface area contributed by atoms with Crippen molar-refractivity contribution < 1.29 is 19.4 Å². The topological polar surface area (TPSA) is 80.7 Å². The molecule has 7 heteroatoms. The molecular weight excluding hydrogens is 484 g/mol. The minimum atomic E-state index is -0.598. The maximum absolute atomic E-state index is 12.7. The third kappa shape index (κ3) is 6.64. The van der Waals surface area contributed by atoms with Crippen LogP contribution in [0.3, 0.4) is 0 Å². The average Bonchev–Trinajstić information content (AvgIpc) is 2.97. The van der Waals surface area contributed by atoms with Crippen molar-refractivity contribution in [3.63, 3.8) is 0 Å². The number of aliphatic hydroxyl groups is 1. The summed E-state index contributed by atoms with van der Waals surface area (Å²) in [4.78, 5) is 17.1. The second kappa shape index (κ2) is 12.2. The zero-order valence-corrected chi connectivity index (χ0v) is 21.0. The molecule has 2 heterocycles. The fourth-order valence-electron chi connectivity index (χ4n) is 4.19. The van der Waals surface area contributed by atoms with Gasteiger partial charge in [0.25, 0.3) is 5.91 Å². The fourth-order valence-corrected chi connectivity index (χ4v) is 5.07. The van der Waals surface area contributed by atoms with Crippen molar-refractivity contribution in [2.45, 2.75) is 36.6 Å². The summed E-state index contributed by atoms with van der Waals surface area (Å²) >= 11 is 1.65. The van der Waals surface area contributed by atoms with Gasteiger partial charge >= 0.3 is 0 Å². The molecular formula is C30H28N2O4S. The van der Waals surface area contributed by atoms with Crippen molar-refractivity contribution in [1.82, 2.24) is 4.98 Å². The summed E-state index contributed by atoms with van der Waals surface area (Å²) in [5, 5.41) is 13.3. The Balaban J connectivity index is 1.35. The van der Waals surface area contributed by atoms with E-state index in [2.05, 4.69) is 10.3 Å². The molecule has 0 aliphatic carbocycles. The molecule has 0 spiro atoms. The Hall–Kier alpha value is -3.49. The molecule has 0 saturated carbocycles. The van der Waals surface area contributed by atoms with E-state index < -0.39 is 6.29 Å². The second-order valence-corrected chi connectivity index (χ2v) is 9.82. The lowest BCUT2D eigenvalue weighted by molar-refractivity contribution is -0.245. The number of benzene rings is 3.